The number of nitriles is 1. The van der Waals surface area contributed by atoms with Crippen LogP contribution in [0.3, 0.4) is 0 Å². The van der Waals surface area contributed by atoms with Gasteiger partial charge in [-0.25, -0.2) is 4.79 Å². The predicted octanol–water partition coefficient (Wildman–Crippen LogP) is 0.795. The number of nitrogens with one attached hydrogen (secondary N) is 1. The van der Waals surface area contributed by atoms with E-state index in [0.717, 1.165) is 5.56 Å². The van der Waals surface area contributed by atoms with Crippen LogP contribution in [-0.2, 0) is 25.5 Å². The molecule has 1 atom stereocenters. The van der Waals surface area contributed by atoms with Crippen molar-refractivity contribution in [2.45, 2.75) is 19.4 Å². The van der Waals surface area contributed by atoms with Crippen molar-refractivity contribution in [3.63, 3.8) is 0 Å². The molecule has 0 heterocycles. The average molecular weight is 290 g/mol. The number of nitrogens with zero attached hydrogens (tertiary/aromatic N) is 1. The summed E-state index contributed by atoms with van der Waals surface area (Å²) in [5, 5.41) is 11.3. The molecular formula is C15H18N2O4. The molecule has 0 aliphatic rings. The van der Waals surface area contributed by atoms with E-state index >= 15 is 0 Å². The first-order valence-electron chi connectivity index (χ1n) is 6.54. The van der Waals surface area contributed by atoms with Crippen LogP contribution in [0.25, 0.3) is 0 Å². The van der Waals surface area contributed by atoms with E-state index < -0.39 is 12.0 Å². The Bertz CT molecular complexity index is 519. The number of rotatable bonds is 7. The lowest BCUT2D eigenvalue weighted by atomic mass is 10.0. The summed E-state index contributed by atoms with van der Waals surface area (Å²) >= 11 is 0. The molecule has 1 rings (SSSR count). The molecule has 1 amide bonds. The van der Waals surface area contributed by atoms with Gasteiger partial charge in [0.25, 0.3) is 0 Å². The number of hydrogen-bond donors (Lipinski definition) is 1. The zero-order valence-corrected chi connectivity index (χ0v) is 12.1. The van der Waals surface area contributed by atoms with E-state index in [4.69, 9.17) is 10.00 Å². The van der Waals surface area contributed by atoms with E-state index in [-0.39, 0.29) is 18.9 Å². The van der Waals surface area contributed by atoms with Crippen molar-refractivity contribution in [2.24, 2.45) is 0 Å². The third kappa shape index (κ3) is 5.63. The lowest BCUT2D eigenvalue weighted by molar-refractivity contribution is -0.145. The van der Waals surface area contributed by atoms with Gasteiger partial charge in [0.05, 0.1) is 18.7 Å². The van der Waals surface area contributed by atoms with Crippen LogP contribution in [0.2, 0.25) is 0 Å². The predicted molar refractivity (Wildman–Crippen MR) is 75.3 cm³/mol. The van der Waals surface area contributed by atoms with E-state index in [1.54, 1.807) is 31.2 Å². The van der Waals surface area contributed by atoms with E-state index in [1.807, 2.05) is 6.07 Å². The number of hydrogen-bond acceptors (Lipinski definition) is 5. The molecule has 1 N–H and O–H groups in total. The molecule has 1 aromatic rings. The number of amides is 1. The fourth-order valence-electron chi connectivity index (χ4n) is 1.72. The maximum atomic E-state index is 11.7. The lowest BCUT2D eigenvalue weighted by Gasteiger charge is -2.16. The molecule has 0 saturated carbocycles. The van der Waals surface area contributed by atoms with Gasteiger partial charge in [-0.05, 0) is 24.6 Å². The van der Waals surface area contributed by atoms with Crippen LogP contribution in [0.15, 0.2) is 24.3 Å². The van der Waals surface area contributed by atoms with Crippen molar-refractivity contribution in [1.29, 1.82) is 5.26 Å². The van der Waals surface area contributed by atoms with Crippen molar-refractivity contribution >= 4 is 11.9 Å². The zero-order chi connectivity index (χ0) is 15.7. The van der Waals surface area contributed by atoms with Crippen LogP contribution in [-0.4, -0.2) is 38.2 Å². The third-order valence-electron chi connectivity index (χ3n) is 2.78. The van der Waals surface area contributed by atoms with Gasteiger partial charge in [-0.3, -0.25) is 4.79 Å². The molecule has 0 spiro atoms. The first-order chi connectivity index (χ1) is 10.1. The fraction of sp³-hybridized carbons (Fsp3) is 0.400. The van der Waals surface area contributed by atoms with Crippen molar-refractivity contribution in [3.8, 4) is 6.07 Å². The van der Waals surface area contributed by atoms with Gasteiger partial charge in [0.15, 0.2) is 0 Å². The van der Waals surface area contributed by atoms with E-state index in [9.17, 15) is 9.59 Å². The summed E-state index contributed by atoms with van der Waals surface area (Å²) in [6.45, 7) is 2.10. The van der Waals surface area contributed by atoms with Crippen LogP contribution in [0.4, 0.5) is 0 Å². The van der Waals surface area contributed by atoms with Gasteiger partial charge in [-0.15, -0.1) is 0 Å². The first-order valence-corrected chi connectivity index (χ1v) is 6.54. The summed E-state index contributed by atoms with van der Waals surface area (Å²) in [5.41, 5.74) is 1.36. The van der Waals surface area contributed by atoms with Gasteiger partial charge in [0, 0.05) is 13.0 Å². The maximum Gasteiger partial charge on any atom is 0.328 e. The number of methoxy groups -OCH3 is 1. The summed E-state index contributed by atoms with van der Waals surface area (Å²) in [6, 6.07) is 8.03. The lowest BCUT2D eigenvalue weighted by Crippen LogP contribution is -2.44. The van der Waals surface area contributed by atoms with Gasteiger partial charge in [0.1, 0.15) is 12.6 Å². The Hall–Kier alpha value is -2.39. The monoisotopic (exact) mass is 290 g/mol. The summed E-state index contributed by atoms with van der Waals surface area (Å²) in [7, 11) is 1.27. The topological polar surface area (TPSA) is 88.4 Å². The van der Waals surface area contributed by atoms with E-state index in [2.05, 4.69) is 10.1 Å². The number of carbonyl (C=O) groups is 2. The molecular weight excluding hydrogens is 272 g/mol. The smallest absolute Gasteiger partial charge is 0.328 e. The van der Waals surface area contributed by atoms with Crippen LogP contribution in [0, 0.1) is 11.3 Å². The highest BCUT2D eigenvalue weighted by Gasteiger charge is 2.21. The molecule has 112 valence electrons. The summed E-state index contributed by atoms with van der Waals surface area (Å²) in [5.74, 6) is -0.898. The second-order valence-electron chi connectivity index (χ2n) is 4.29. The molecule has 0 aliphatic carbocycles. The van der Waals surface area contributed by atoms with Gasteiger partial charge >= 0.3 is 5.97 Å². The van der Waals surface area contributed by atoms with Crippen molar-refractivity contribution in [1.82, 2.24) is 5.32 Å². The molecule has 0 saturated heterocycles. The second-order valence-corrected chi connectivity index (χ2v) is 4.29. The highest BCUT2D eigenvalue weighted by atomic mass is 16.5. The number of esters is 1. The minimum atomic E-state index is -0.782. The molecule has 0 unspecified atom stereocenters. The van der Waals surface area contributed by atoms with E-state index in [1.165, 1.54) is 7.11 Å². The average Bonchev–Trinajstić information content (AvgIpc) is 2.52. The van der Waals surface area contributed by atoms with Crippen LogP contribution < -0.4 is 5.32 Å². The fourth-order valence-corrected chi connectivity index (χ4v) is 1.72. The van der Waals surface area contributed by atoms with Crippen LogP contribution >= 0.6 is 0 Å². The summed E-state index contributed by atoms with van der Waals surface area (Å²) in [4.78, 5) is 23.4. The van der Waals surface area contributed by atoms with Gasteiger partial charge < -0.3 is 14.8 Å². The second kappa shape index (κ2) is 8.72. The molecule has 0 radical (unpaired) electrons. The Morgan fingerprint density at radius 3 is 2.52 bits per heavy atom. The molecule has 6 nitrogen and oxygen atoms in total. The largest absolute Gasteiger partial charge is 0.467 e. The zero-order valence-electron chi connectivity index (χ0n) is 12.1. The summed E-state index contributed by atoms with van der Waals surface area (Å²) in [6.07, 6.45) is 0.288. The molecule has 6 heteroatoms. The van der Waals surface area contributed by atoms with Crippen molar-refractivity contribution in [2.75, 3.05) is 20.3 Å². The standard InChI is InChI=1S/C15H18N2O4/c1-3-21-10-14(18)17-13(15(19)20-2)8-11-4-6-12(9-16)7-5-11/h4-7,13H,3,8,10H2,1-2H3,(H,17,18)/t13-/m0/s1. The van der Waals surface area contributed by atoms with Gasteiger partial charge in [0.2, 0.25) is 5.91 Å². The Labute approximate surface area is 123 Å². The molecule has 0 aliphatic heterocycles. The minimum Gasteiger partial charge on any atom is -0.467 e. The van der Waals surface area contributed by atoms with Gasteiger partial charge in [-0.2, -0.15) is 5.26 Å². The van der Waals surface area contributed by atoms with Crippen molar-refractivity contribution in [3.05, 3.63) is 35.4 Å². The van der Waals surface area contributed by atoms with Gasteiger partial charge in [-0.1, -0.05) is 12.1 Å². The van der Waals surface area contributed by atoms with Crippen molar-refractivity contribution < 1.29 is 19.1 Å². The Balaban J connectivity index is 2.71. The molecule has 1 aromatic carbocycles. The number of ether oxygens (including phenoxy) is 2. The highest BCUT2D eigenvalue weighted by molar-refractivity contribution is 5.85. The Morgan fingerprint density at radius 1 is 1.33 bits per heavy atom. The Kier molecular flexibility index (Phi) is 6.92. The number of benzene rings is 1. The minimum absolute atomic E-state index is 0.0998. The van der Waals surface area contributed by atoms with Crippen LogP contribution in [0.5, 0.6) is 0 Å². The molecule has 21 heavy (non-hydrogen) atoms. The highest BCUT2D eigenvalue weighted by Crippen LogP contribution is 2.07. The molecule has 0 aromatic heterocycles. The Morgan fingerprint density at radius 2 is 2.00 bits per heavy atom. The summed E-state index contributed by atoms with van der Waals surface area (Å²) < 4.78 is 9.68. The SMILES string of the molecule is CCOCC(=O)N[C@@H](Cc1ccc(C#N)cc1)C(=O)OC. The first kappa shape index (κ1) is 16.7. The van der Waals surface area contributed by atoms with E-state index in [0.29, 0.717) is 12.2 Å². The molecule has 0 bridgehead atoms. The normalized spacial score (nSPS) is 11.3. The maximum absolute atomic E-state index is 11.7. The quantitative estimate of drug-likeness (QED) is 0.750. The number of carbonyl (C=O) groups excluding carboxylic acids is 2. The molecule has 0 fully saturated rings. The van der Waals surface area contributed by atoms with Crippen LogP contribution in [0.1, 0.15) is 18.1 Å². The third-order valence-corrected chi connectivity index (χ3v) is 2.78.